The van der Waals surface area contributed by atoms with Crippen LogP contribution < -0.4 is 5.32 Å². The zero-order chi connectivity index (χ0) is 18.6. The molecular weight excluding hydrogens is 332 g/mol. The smallest absolute Gasteiger partial charge is 0.318 e. The Labute approximate surface area is 154 Å². The van der Waals surface area contributed by atoms with Gasteiger partial charge in [-0.05, 0) is 50.5 Å². The number of nitrogens with one attached hydrogen (secondary N) is 1. The van der Waals surface area contributed by atoms with Crippen molar-refractivity contribution in [1.82, 2.24) is 10.2 Å². The Kier molecular flexibility index (Phi) is 5.81. The molecule has 2 fully saturated rings. The summed E-state index contributed by atoms with van der Waals surface area (Å²) in [5, 5.41) is 22.1. The molecule has 1 saturated carbocycles. The van der Waals surface area contributed by atoms with E-state index in [9.17, 15) is 14.7 Å². The first-order valence-corrected chi connectivity index (χ1v) is 9.50. The van der Waals surface area contributed by atoms with Crippen LogP contribution in [0.4, 0.5) is 4.79 Å². The van der Waals surface area contributed by atoms with Gasteiger partial charge in [-0.15, -0.1) is 0 Å². The fraction of sp³-hybridized carbons (Fsp3) is 0.600. The van der Waals surface area contributed by atoms with E-state index in [1.54, 1.807) is 0 Å². The lowest BCUT2D eigenvalue weighted by Gasteiger charge is -2.54. The fourth-order valence-electron chi connectivity index (χ4n) is 4.22. The zero-order valence-corrected chi connectivity index (χ0v) is 15.1. The molecule has 2 unspecified atom stereocenters. The van der Waals surface area contributed by atoms with E-state index in [0.717, 1.165) is 24.8 Å². The van der Waals surface area contributed by atoms with E-state index in [2.05, 4.69) is 5.32 Å². The number of hydrogen-bond acceptors (Lipinski definition) is 3. The Morgan fingerprint density at radius 1 is 1.27 bits per heavy atom. The van der Waals surface area contributed by atoms with Crippen LogP contribution in [0.2, 0.25) is 0 Å². The summed E-state index contributed by atoms with van der Waals surface area (Å²) in [5.41, 5.74) is 0.877. The molecule has 1 heterocycles. The standard InChI is InChI=1S/C20H28N2O4/c23-17-9-12-22(20(14-17)10-4-11-20)19(26)21-16(7-8-18(24)25)13-15-5-2-1-3-6-15/h1-3,5-6,16-17,23H,4,7-14H2,(H,21,26)(H,24,25). The number of amides is 2. The Morgan fingerprint density at radius 3 is 2.62 bits per heavy atom. The van der Waals surface area contributed by atoms with Gasteiger partial charge in [0.25, 0.3) is 0 Å². The van der Waals surface area contributed by atoms with Crippen LogP contribution in [0.3, 0.4) is 0 Å². The van der Waals surface area contributed by atoms with Crippen molar-refractivity contribution in [3.8, 4) is 0 Å². The molecule has 2 amide bonds. The normalized spacial score (nSPS) is 22.5. The van der Waals surface area contributed by atoms with Crippen molar-refractivity contribution in [3.05, 3.63) is 35.9 Å². The number of aliphatic carboxylic acids is 1. The molecule has 142 valence electrons. The molecule has 1 aromatic carbocycles. The van der Waals surface area contributed by atoms with Crippen LogP contribution in [-0.4, -0.2) is 51.3 Å². The van der Waals surface area contributed by atoms with E-state index in [0.29, 0.717) is 32.2 Å². The molecule has 1 saturated heterocycles. The molecule has 1 spiro atoms. The summed E-state index contributed by atoms with van der Waals surface area (Å²) in [5.74, 6) is -0.853. The average molecular weight is 360 g/mol. The van der Waals surface area contributed by atoms with Gasteiger partial charge in [-0.1, -0.05) is 30.3 Å². The van der Waals surface area contributed by atoms with Crippen molar-refractivity contribution in [3.63, 3.8) is 0 Å². The number of benzene rings is 1. The number of carboxylic acids is 1. The van der Waals surface area contributed by atoms with Gasteiger partial charge in [-0.2, -0.15) is 0 Å². The van der Waals surface area contributed by atoms with E-state index < -0.39 is 5.97 Å². The van der Waals surface area contributed by atoms with E-state index in [1.165, 1.54) is 0 Å². The molecule has 6 heteroatoms. The SMILES string of the molecule is O=C(O)CCC(Cc1ccccc1)NC(=O)N1CCC(O)CC12CCC2. The van der Waals surface area contributed by atoms with Crippen LogP contribution in [0, 0.1) is 0 Å². The maximum Gasteiger partial charge on any atom is 0.318 e. The van der Waals surface area contributed by atoms with Gasteiger partial charge in [0, 0.05) is 24.5 Å². The molecule has 1 aliphatic carbocycles. The lowest BCUT2D eigenvalue weighted by molar-refractivity contribution is -0.137. The lowest BCUT2D eigenvalue weighted by Crippen LogP contribution is -2.64. The number of likely N-dealkylation sites (tertiary alicyclic amines) is 1. The fourth-order valence-corrected chi connectivity index (χ4v) is 4.22. The minimum absolute atomic E-state index is 0.0294. The number of carboxylic acid groups (broad SMARTS) is 1. The highest BCUT2D eigenvalue weighted by Gasteiger charge is 2.48. The highest BCUT2D eigenvalue weighted by atomic mass is 16.4. The second-order valence-corrected chi connectivity index (χ2v) is 7.64. The summed E-state index contributed by atoms with van der Waals surface area (Å²) in [6, 6.07) is 9.47. The van der Waals surface area contributed by atoms with Gasteiger partial charge >= 0.3 is 12.0 Å². The first kappa shape index (κ1) is 18.7. The Balaban J connectivity index is 1.66. The molecule has 0 bridgehead atoms. The third-order valence-corrected chi connectivity index (χ3v) is 5.76. The van der Waals surface area contributed by atoms with Crippen LogP contribution in [0.1, 0.15) is 50.5 Å². The van der Waals surface area contributed by atoms with E-state index in [-0.39, 0.29) is 30.1 Å². The van der Waals surface area contributed by atoms with E-state index in [4.69, 9.17) is 5.11 Å². The average Bonchev–Trinajstić information content (AvgIpc) is 2.59. The molecule has 2 aliphatic rings. The summed E-state index contributed by atoms with van der Waals surface area (Å²) < 4.78 is 0. The predicted molar refractivity (Wildman–Crippen MR) is 97.9 cm³/mol. The maximum atomic E-state index is 12.9. The summed E-state index contributed by atoms with van der Waals surface area (Å²) in [6.07, 6.45) is 4.94. The Bertz CT molecular complexity index is 630. The second-order valence-electron chi connectivity index (χ2n) is 7.64. The van der Waals surface area contributed by atoms with Crippen molar-refractivity contribution in [2.75, 3.05) is 6.54 Å². The van der Waals surface area contributed by atoms with Crippen LogP contribution >= 0.6 is 0 Å². The summed E-state index contributed by atoms with van der Waals surface area (Å²) >= 11 is 0. The van der Waals surface area contributed by atoms with E-state index >= 15 is 0 Å². The van der Waals surface area contributed by atoms with Gasteiger partial charge in [0.1, 0.15) is 0 Å². The third-order valence-electron chi connectivity index (χ3n) is 5.76. The minimum atomic E-state index is -0.853. The monoisotopic (exact) mass is 360 g/mol. The number of urea groups is 1. The number of carbonyl (C=O) groups is 2. The minimum Gasteiger partial charge on any atom is -0.481 e. The molecular formula is C20H28N2O4. The molecule has 3 N–H and O–H groups in total. The first-order chi connectivity index (χ1) is 12.5. The maximum absolute atomic E-state index is 12.9. The number of hydrogen-bond donors (Lipinski definition) is 3. The molecule has 3 rings (SSSR count). The predicted octanol–water partition coefficient (Wildman–Crippen LogP) is 2.55. The molecule has 6 nitrogen and oxygen atoms in total. The zero-order valence-electron chi connectivity index (χ0n) is 15.1. The number of nitrogens with zero attached hydrogens (tertiary/aromatic N) is 1. The lowest BCUT2D eigenvalue weighted by atomic mass is 9.69. The summed E-state index contributed by atoms with van der Waals surface area (Å²) in [7, 11) is 0. The molecule has 0 aromatic heterocycles. The van der Waals surface area contributed by atoms with Gasteiger partial charge < -0.3 is 20.4 Å². The van der Waals surface area contributed by atoms with Crippen LogP contribution in [0.5, 0.6) is 0 Å². The first-order valence-electron chi connectivity index (χ1n) is 9.50. The number of rotatable bonds is 6. The highest BCUT2D eigenvalue weighted by Crippen LogP contribution is 2.44. The Morgan fingerprint density at radius 2 is 2.00 bits per heavy atom. The van der Waals surface area contributed by atoms with Gasteiger partial charge in [0.2, 0.25) is 0 Å². The quantitative estimate of drug-likeness (QED) is 0.727. The van der Waals surface area contributed by atoms with Crippen molar-refractivity contribution in [1.29, 1.82) is 0 Å². The van der Waals surface area contributed by atoms with Gasteiger partial charge in [-0.25, -0.2) is 4.79 Å². The molecule has 26 heavy (non-hydrogen) atoms. The number of aliphatic hydroxyl groups excluding tert-OH is 1. The van der Waals surface area contributed by atoms with Gasteiger partial charge in [0.15, 0.2) is 0 Å². The Hall–Kier alpha value is -2.08. The largest absolute Gasteiger partial charge is 0.481 e. The number of carbonyl (C=O) groups excluding carboxylic acids is 1. The van der Waals surface area contributed by atoms with Gasteiger partial charge in [0.05, 0.1) is 6.10 Å². The van der Waals surface area contributed by atoms with Crippen molar-refractivity contribution < 1.29 is 19.8 Å². The number of piperidine rings is 1. The third kappa shape index (κ3) is 4.36. The molecule has 1 aromatic rings. The highest BCUT2D eigenvalue weighted by molar-refractivity contribution is 5.76. The van der Waals surface area contributed by atoms with Crippen LogP contribution in [0.25, 0.3) is 0 Å². The number of aliphatic hydroxyl groups is 1. The summed E-state index contributed by atoms with van der Waals surface area (Å²) in [4.78, 5) is 25.8. The van der Waals surface area contributed by atoms with E-state index in [1.807, 2.05) is 35.2 Å². The van der Waals surface area contributed by atoms with Crippen molar-refractivity contribution >= 4 is 12.0 Å². The second kappa shape index (κ2) is 8.08. The molecule has 1 aliphatic heterocycles. The summed E-state index contributed by atoms with van der Waals surface area (Å²) in [6.45, 7) is 0.560. The topological polar surface area (TPSA) is 89.9 Å². The van der Waals surface area contributed by atoms with Crippen LogP contribution in [0.15, 0.2) is 30.3 Å². The molecule has 0 radical (unpaired) electrons. The van der Waals surface area contributed by atoms with Crippen LogP contribution in [-0.2, 0) is 11.2 Å². The van der Waals surface area contributed by atoms with Crippen molar-refractivity contribution in [2.45, 2.75) is 69.1 Å². The van der Waals surface area contributed by atoms with Gasteiger partial charge in [-0.3, -0.25) is 4.79 Å². The molecule has 2 atom stereocenters. The van der Waals surface area contributed by atoms with Crippen molar-refractivity contribution in [2.24, 2.45) is 0 Å².